The predicted octanol–water partition coefficient (Wildman–Crippen LogP) is 2.31. The van der Waals surface area contributed by atoms with Crippen molar-refractivity contribution in [3.63, 3.8) is 0 Å². The van der Waals surface area contributed by atoms with Crippen LogP contribution in [-0.2, 0) is 0 Å². The summed E-state index contributed by atoms with van der Waals surface area (Å²) in [6, 6.07) is 1.54. The van der Waals surface area contributed by atoms with Crippen LogP contribution in [0.2, 0.25) is 5.15 Å². The molecular formula is C16H23ClN4O2S. The van der Waals surface area contributed by atoms with E-state index in [1.807, 2.05) is 13.2 Å². The van der Waals surface area contributed by atoms with Crippen molar-refractivity contribution in [3.05, 3.63) is 28.5 Å². The van der Waals surface area contributed by atoms with Crippen molar-refractivity contribution in [1.82, 2.24) is 20.5 Å². The first kappa shape index (κ1) is 18.9. The summed E-state index contributed by atoms with van der Waals surface area (Å²) >= 11 is 7.79. The summed E-state index contributed by atoms with van der Waals surface area (Å²) in [5.41, 5.74) is 1.31. The van der Waals surface area contributed by atoms with Crippen molar-refractivity contribution in [3.8, 4) is 0 Å². The molecule has 0 aliphatic carbocycles. The van der Waals surface area contributed by atoms with E-state index >= 15 is 0 Å². The summed E-state index contributed by atoms with van der Waals surface area (Å²) in [4.78, 5) is 30.1. The molecule has 0 radical (unpaired) electrons. The minimum absolute atomic E-state index is 0.0361. The van der Waals surface area contributed by atoms with Gasteiger partial charge in [0, 0.05) is 31.9 Å². The van der Waals surface area contributed by atoms with E-state index in [0.29, 0.717) is 25.2 Å². The van der Waals surface area contributed by atoms with E-state index in [1.165, 1.54) is 0 Å². The summed E-state index contributed by atoms with van der Waals surface area (Å²) in [7, 11) is 0. The number of hydrogen-bond acceptors (Lipinski definition) is 4. The number of thioether (sulfide) groups is 1. The third kappa shape index (κ3) is 5.27. The smallest absolute Gasteiger partial charge is 0.315 e. The van der Waals surface area contributed by atoms with Gasteiger partial charge in [-0.25, -0.2) is 9.78 Å². The highest BCUT2D eigenvalue weighted by molar-refractivity contribution is 7.98. The summed E-state index contributed by atoms with van der Waals surface area (Å²) in [6.07, 6.45) is 5.36. The van der Waals surface area contributed by atoms with Crippen LogP contribution < -0.4 is 10.6 Å². The molecule has 0 unspecified atom stereocenters. The highest BCUT2D eigenvalue weighted by atomic mass is 35.5. The third-order valence-electron chi connectivity index (χ3n) is 3.83. The molecule has 1 saturated heterocycles. The van der Waals surface area contributed by atoms with Crippen LogP contribution in [0.5, 0.6) is 0 Å². The zero-order chi connectivity index (χ0) is 17.5. The number of rotatable bonds is 6. The zero-order valence-corrected chi connectivity index (χ0v) is 15.5. The molecule has 8 heteroatoms. The van der Waals surface area contributed by atoms with Gasteiger partial charge in [0.15, 0.2) is 0 Å². The monoisotopic (exact) mass is 370 g/mol. The quantitative estimate of drug-likeness (QED) is 0.595. The van der Waals surface area contributed by atoms with E-state index in [0.717, 1.165) is 24.2 Å². The molecule has 1 aromatic rings. The molecule has 0 bridgehead atoms. The van der Waals surface area contributed by atoms with E-state index < -0.39 is 0 Å². The summed E-state index contributed by atoms with van der Waals surface area (Å²) < 4.78 is 0. The average molecular weight is 371 g/mol. The first-order chi connectivity index (χ1) is 11.5. The van der Waals surface area contributed by atoms with Gasteiger partial charge in [0.1, 0.15) is 5.15 Å². The Kier molecular flexibility index (Phi) is 7.17. The fourth-order valence-electron chi connectivity index (χ4n) is 2.59. The molecule has 2 N–H and O–H groups in total. The van der Waals surface area contributed by atoms with Crippen LogP contribution in [0.1, 0.15) is 28.8 Å². The van der Waals surface area contributed by atoms with Crippen molar-refractivity contribution >= 4 is 35.3 Å². The number of aromatic nitrogens is 1. The molecule has 6 nitrogen and oxygen atoms in total. The van der Waals surface area contributed by atoms with Gasteiger partial charge in [-0.2, -0.15) is 11.8 Å². The average Bonchev–Trinajstić information content (AvgIpc) is 3.01. The van der Waals surface area contributed by atoms with E-state index in [2.05, 4.69) is 15.6 Å². The number of amides is 3. The molecule has 2 rings (SSSR count). The number of carbonyl (C=O) groups excluding carboxylic acids is 2. The molecule has 0 spiro atoms. The maximum atomic E-state index is 12.6. The number of urea groups is 1. The van der Waals surface area contributed by atoms with E-state index in [-0.39, 0.29) is 23.1 Å². The molecule has 3 amide bonds. The Morgan fingerprint density at radius 3 is 3.04 bits per heavy atom. The van der Waals surface area contributed by atoms with Gasteiger partial charge in [-0.3, -0.25) is 4.79 Å². The minimum Gasteiger partial charge on any atom is -0.338 e. The highest BCUT2D eigenvalue weighted by Gasteiger charge is 2.29. The van der Waals surface area contributed by atoms with Gasteiger partial charge in [-0.15, -0.1) is 0 Å². The van der Waals surface area contributed by atoms with E-state index in [9.17, 15) is 9.59 Å². The molecule has 1 fully saturated rings. The lowest BCUT2D eigenvalue weighted by Crippen LogP contribution is -2.44. The number of carbonyl (C=O) groups is 2. The second-order valence-corrected chi connectivity index (χ2v) is 7.18. The van der Waals surface area contributed by atoms with Crippen LogP contribution in [0, 0.1) is 6.92 Å². The lowest BCUT2D eigenvalue weighted by molar-refractivity contribution is 0.0789. The number of likely N-dealkylation sites (tertiary alicyclic amines) is 1. The van der Waals surface area contributed by atoms with Gasteiger partial charge < -0.3 is 15.5 Å². The maximum Gasteiger partial charge on any atom is 0.315 e. The fourth-order valence-corrected chi connectivity index (χ4v) is 3.21. The number of hydrogen-bond donors (Lipinski definition) is 2. The van der Waals surface area contributed by atoms with Crippen LogP contribution in [0.3, 0.4) is 0 Å². The number of aryl methyl sites for hydroxylation is 1. The van der Waals surface area contributed by atoms with Crippen LogP contribution in [0.15, 0.2) is 12.3 Å². The van der Waals surface area contributed by atoms with Crippen LogP contribution in [0.25, 0.3) is 0 Å². The van der Waals surface area contributed by atoms with Gasteiger partial charge in [0.05, 0.1) is 5.56 Å². The Morgan fingerprint density at radius 2 is 2.29 bits per heavy atom. The van der Waals surface area contributed by atoms with Crippen molar-refractivity contribution in [2.75, 3.05) is 31.6 Å². The van der Waals surface area contributed by atoms with E-state index in [4.69, 9.17) is 11.6 Å². The van der Waals surface area contributed by atoms with Crippen molar-refractivity contribution < 1.29 is 9.59 Å². The third-order valence-corrected chi connectivity index (χ3v) is 4.83. The van der Waals surface area contributed by atoms with Gasteiger partial charge >= 0.3 is 6.03 Å². The lowest BCUT2D eigenvalue weighted by Gasteiger charge is -2.18. The number of halogens is 1. The molecule has 1 atom stereocenters. The van der Waals surface area contributed by atoms with E-state index in [1.54, 1.807) is 28.9 Å². The first-order valence-electron chi connectivity index (χ1n) is 7.96. The molecular weight excluding hydrogens is 348 g/mol. The largest absolute Gasteiger partial charge is 0.338 e. The molecule has 1 aromatic heterocycles. The lowest BCUT2D eigenvalue weighted by atomic mass is 10.2. The van der Waals surface area contributed by atoms with Gasteiger partial charge in [-0.1, -0.05) is 11.6 Å². The Hall–Kier alpha value is -1.47. The molecule has 0 saturated carbocycles. The summed E-state index contributed by atoms with van der Waals surface area (Å²) in [5.74, 6) is 0.887. The Morgan fingerprint density at radius 1 is 1.50 bits per heavy atom. The zero-order valence-electron chi connectivity index (χ0n) is 14.0. The number of nitrogens with zero attached hydrogens (tertiary/aromatic N) is 2. The molecule has 2 heterocycles. The van der Waals surface area contributed by atoms with Gasteiger partial charge in [0.25, 0.3) is 5.91 Å². The second-order valence-electron chi connectivity index (χ2n) is 5.83. The number of nitrogens with one attached hydrogen (secondary N) is 2. The Labute approximate surface area is 151 Å². The normalized spacial score (nSPS) is 17.0. The highest BCUT2D eigenvalue weighted by Crippen LogP contribution is 2.19. The van der Waals surface area contributed by atoms with Crippen molar-refractivity contribution in [2.45, 2.75) is 25.8 Å². The number of pyridine rings is 1. The molecule has 132 valence electrons. The first-order valence-corrected chi connectivity index (χ1v) is 9.73. The Balaban J connectivity index is 1.83. The summed E-state index contributed by atoms with van der Waals surface area (Å²) in [5, 5.41) is 5.97. The van der Waals surface area contributed by atoms with Gasteiger partial charge in [0.2, 0.25) is 0 Å². The van der Waals surface area contributed by atoms with Crippen LogP contribution in [-0.4, -0.2) is 59.5 Å². The molecule has 1 aliphatic heterocycles. The van der Waals surface area contributed by atoms with Crippen molar-refractivity contribution in [2.24, 2.45) is 0 Å². The topological polar surface area (TPSA) is 74.3 Å². The second kappa shape index (κ2) is 9.13. The fraction of sp³-hybridized carbons (Fsp3) is 0.562. The molecule has 24 heavy (non-hydrogen) atoms. The van der Waals surface area contributed by atoms with Crippen molar-refractivity contribution in [1.29, 1.82) is 0 Å². The predicted molar refractivity (Wildman–Crippen MR) is 97.8 cm³/mol. The maximum absolute atomic E-state index is 12.6. The standard InChI is InChI=1S/C16H23ClN4O2S/c1-11-8-13(14(17)19-9-11)15(22)21-6-4-12(10-21)20-16(23)18-5-3-7-24-2/h8-9,12H,3-7,10H2,1-2H3,(H2,18,20,23)/t12-/m1/s1. The molecule has 0 aromatic carbocycles. The van der Waals surface area contributed by atoms with Gasteiger partial charge in [-0.05, 0) is 43.4 Å². The minimum atomic E-state index is -0.175. The Bertz CT molecular complexity index is 599. The SMILES string of the molecule is CSCCCNC(=O)N[C@@H]1CCN(C(=O)c2cc(C)cnc2Cl)C1. The molecule has 1 aliphatic rings. The van der Waals surface area contributed by atoms with Crippen LogP contribution in [0.4, 0.5) is 4.79 Å². The summed E-state index contributed by atoms with van der Waals surface area (Å²) in [6.45, 7) is 3.62. The van der Waals surface area contributed by atoms with Crippen LogP contribution >= 0.6 is 23.4 Å².